The second kappa shape index (κ2) is 37.9. The highest BCUT2D eigenvalue weighted by Gasteiger charge is 2.50. The number of nitrogen functional groups attached to an aromatic ring is 1. The summed E-state index contributed by atoms with van der Waals surface area (Å²) in [5, 5.41) is 15.6. The molecule has 48 heteroatoms. The van der Waals surface area contributed by atoms with E-state index in [0.717, 1.165) is 54.7 Å². The Labute approximate surface area is 612 Å². The van der Waals surface area contributed by atoms with Crippen LogP contribution in [0.25, 0.3) is 11.2 Å². The Kier molecular flexibility index (Phi) is 32.3. The van der Waals surface area contributed by atoms with Gasteiger partial charge in [0.2, 0.25) is 5.69 Å². The maximum atomic E-state index is 13.6. The number of rotatable bonds is 46. The summed E-state index contributed by atoms with van der Waals surface area (Å²) in [7, 11) is -44.3. The summed E-state index contributed by atoms with van der Waals surface area (Å²) in [5.41, 5.74) is 9.93. The molecule has 0 spiro atoms. The van der Waals surface area contributed by atoms with E-state index in [2.05, 4.69) is 56.2 Å². The van der Waals surface area contributed by atoms with Gasteiger partial charge in [-0.1, -0.05) is 80.3 Å². The van der Waals surface area contributed by atoms with Crippen molar-refractivity contribution in [3.05, 3.63) is 107 Å². The molecule has 0 fully saturated rings. The fourth-order valence-electron chi connectivity index (χ4n) is 10.9. The Hall–Kier alpha value is -4.29. The van der Waals surface area contributed by atoms with Gasteiger partial charge in [0, 0.05) is 89.8 Å². The molecule has 104 heavy (non-hydrogen) atoms. The van der Waals surface area contributed by atoms with Gasteiger partial charge >= 0.3 is 46.9 Å². The molecule has 2 aromatic carbocycles. The summed E-state index contributed by atoms with van der Waals surface area (Å²) in [6.45, 7) is 6.84. The number of benzene rings is 2. The molecule has 8 unspecified atom stereocenters. The summed E-state index contributed by atoms with van der Waals surface area (Å²) in [4.78, 5) is 101. The topological polar surface area (TPSA) is 570 Å². The van der Waals surface area contributed by atoms with E-state index in [0.29, 0.717) is 42.8 Å². The number of phosphoric ester groups is 2. The number of nitrogens with zero attached hydrogens (tertiary/aromatic N) is 6. The SMILES string of the molecule is COCCCCCCNC(=O)c1ccc2c(c1)C(C)(C)\C(=C/C=C/C=C/C1=[N+](CCCS(=O)(=O)O)c3ccc(C(=O)NCCCCCCOP(=O)(O)OP(=O)(O)OP(=O)(O)OP(=O)(O)OP(=O)(O)OP(=O)(O)OCC(CO)OC(CI)n4cnc5c(N)ncnc54)cc3C1(C)C)N2CCCS(=O)(=O)O. The molecule has 2 aliphatic rings. The third-order valence-corrected chi connectivity index (χ3v) is 27.2. The number of aromatic nitrogens is 4. The number of carbonyl (C=O) groups excluding carboxylic acids is 2. The van der Waals surface area contributed by atoms with Crippen LogP contribution in [0.5, 0.6) is 0 Å². The molecule has 0 saturated carbocycles. The first-order valence-electron chi connectivity index (χ1n) is 31.7. The average Bonchev–Trinajstić information content (AvgIpc) is 1.59. The van der Waals surface area contributed by atoms with Gasteiger partial charge in [0.15, 0.2) is 17.2 Å². The van der Waals surface area contributed by atoms with Crippen LogP contribution < -0.4 is 21.3 Å². The van der Waals surface area contributed by atoms with Gasteiger partial charge in [-0.2, -0.15) is 43.0 Å². The smallest absolute Gasteiger partial charge is 0.394 e. The summed E-state index contributed by atoms with van der Waals surface area (Å²) in [6, 6.07) is 10.4. The van der Waals surface area contributed by atoms with Crippen LogP contribution >= 0.6 is 69.5 Å². The van der Waals surface area contributed by atoms with Gasteiger partial charge in [-0.15, -0.1) is 0 Å². The van der Waals surface area contributed by atoms with Crippen molar-refractivity contribution in [1.82, 2.24) is 30.2 Å². The van der Waals surface area contributed by atoms with Gasteiger partial charge < -0.3 is 65.2 Å². The van der Waals surface area contributed by atoms with Crippen LogP contribution in [-0.2, 0) is 98.5 Å². The van der Waals surface area contributed by atoms with Crippen molar-refractivity contribution >= 4 is 136 Å². The van der Waals surface area contributed by atoms with Crippen LogP contribution in [0.4, 0.5) is 17.2 Å². The molecule has 582 valence electrons. The molecule has 0 bridgehead atoms. The summed E-state index contributed by atoms with van der Waals surface area (Å²) < 4.78 is 184. The van der Waals surface area contributed by atoms with E-state index in [1.807, 2.05) is 84.0 Å². The second-order valence-electron chi connectivity index (χ2n) is 24.3. The van der Waals surface area contributed by atoms with E-state index >= 15 is 0 Å². The molecular formula is C56H85IN9O30P6S2+. The normalized spacial score (nSPS) is 19.1. The predicted octanol–water partition coefficient (Wildman–Crippen LogP) is 8.09. The van der Waals surface area contributed by atoms with Crippen molar-refractivity contribution in [3.8, 4) is 0 Å². The number of amides is 2. The van der Waals surface area contributed by atoms with Gasteiger partial charge in [-0.05, 0) is 87.9 Å². The lowest BCUT2D eigenvalue weighted by atomic mass is 9.80. The maximum Gasteiger partial charge on any atom is 0.490 e. The fourth-order valence-corrected chi connectivity index (χ4v) is 20.4. The number of phosphoric acid groups is 6. The molecule has 2 aliphatic heterocycles. The largest absolute Gasteiger partial charge is 0.490 e. The summed E-state index contributed by atoms with van der Waals surface area (Å²) >= 11 is 1.87. The number of alkyl halides is 1. The molecule has 13 N–H and O–H groups in total. The zero-order valence-electron chi connectivity index (χ0n) is 56.7. The maximum absolute atomic E-state index is 13.6. The van der Waals surface area contributed by atoms with E-state index in [9.17, 15) is 97.4 Å². The number of imidazole rings is 1. The highest BCUT2D eigenvalue weighted by Crippen LogP contribution is 2.75. The lowest BCUT2D eigenvalue weighted by molar-refractivity contribution is -0.437. The number of fused-ring (bicyclic) bond motifs is 3. The van der Waals surface area contributed by atoms with Crippen molar-refractivity contribution in [2.24, 2.45) is 0 Å². The van der Waals surface area contributed by atoms with Gasteiger partial charge in [-0.25, -0.2) is 42.3 Å². The Morgan fingerprint density at radius 2 is 1.19 bits per heavy atom. The first-order chi connectivity index (χ1) is 48.3. The molecule has 0 aliphatic carbocycles. The van der Waals surface area contributed by atoms with Crippen LogP contribution in [-0.4, -0.2) is 184 Å². The monoisotopic (exact) mass is 1740 g/mol. The molecular weight excluding hydrogens is 1660 g/mol. The van der Waals surface area contributed by atoms with Crippen LogP contribution in [0.15, 0.2) is 85.1 Å². The number of aliphatic hydroxyl groups is 1. The minimum Gasteiger partial charge on any atom is -0.394 e. The molecule has 4 heterocycles. The number of anilines is 2. The number of hydrogen-bond donors (Lipinski definition) is 12. The number of hydrogen-bond acceptors (Lipinski definition) is 27. The second-order valence-corrected chi connectivity index (χ2v) is 37.7. The lowest BCUT2D eigenvalue weighted by Crippen LogP contribution is -2.29. The molecule has 39 nitrogen and oxygen atoms in total. The zero-order chi connectivity index (χ0) is 77.3. The highest BCUT2D eigenvalue weighted by atomic mass is 127. The first kappa shape index (κ1) is 88.6. The number of ether oxygens (including phenoxy) is 2. The van der Waals surface area contributed by atoms with Crippen molar-refractivity contribution in [3.63, 3.8) is 0 Å². The summed E-state index contributed by atoms with van der Waals surface area (Å²) in [6.07, 6.45) is 13.7. The third kappa shape index (κ3) is 27.1. The van der Waals surface area contributed by atoms with E-state index in [-0.39, 0.29) is 78.2 Å². The zero-order valence-corrected chi connectivity index (χ0v) is 65.9. The fraction of sp³-hybridized carbons (Fsp3) is 0.536. The van der Waals surface area contributed by atoms with Crippen molar-refractivity contribution in [2.45, 2.75) is 115 Å². The minimum atomic E-state index is -6.56. The van der Waals surface area contributed by atoms with Crippen molar-refractivity contribution < 1.29 is 142 Å². The van der Waals surface area contributed by atoms with Crippen LogP contribution in [0.2, 0.25) is 0 Å². The van der Waals surface area contributed by atoms with Crippen LogP contribution in [0, 0.1) is 0 Å². The van der Waals surface area contributed by atoms with E-state index in [1.54, 1.807) is 49.6 Å². The minimum absolute atomic E-state index is 0.0212. The number of allylic oxidation sites excluding steroid dienone is 6. The lowest BCUT2D eigenvalue weighted by Gasteiger charge is -2.27. The number of unbranched alkanes of at least 4 members (excludes halogenated alkanes) is 6. The van der Waals surface area contributed by atoms with Crippen LogP contribution in [0.3, 0.4) is 0 Å². The number of halogens is 1. The third-order valence-electron chi connectivity index (χ3n) is 15.6. The Morgan fingerprint density at radius 1 is 0.663 bits per heavy atom. The number of carbonyl (C=O) groups is 2. The summed E-state index contributed by atoms with van der Waals surface area (Å²) in [5.74, 6) is -1.67. The number of nitrogens with one attached hydrogen (secondary N) is 2. The highest BCUT2D eigenvalue weighted by molar-refractivity contribution is 14.1. The Morgan fingerprint density at radius 3 is 1.75 bits per heavy atom. The van der Waals surface area contributed by atoms with E-state index in [1.165, 1.54) is 10.9 Å². The van der Waals surface area contributed by atoms with Gasteiger partial charge in [0.1, 0.15) is 30.7 Å². The Balaban J connectivity index is 0.977. The molecule has 8 atom stereocenters. The molecule has 0 saturated heterocycles. The van der Waals surface area contributed by atoms with Gasteiger partial charge in [0.25, 0.3) is 32.1 Å². The van der Waals surface area contributed by atoms with Crippen molar-refractivity contribution in [2.75, 3.05) is 86.3 Å². The quantitative estimate of drug-likeness (QED) is 0.00378. The van der Waals surface area contributed by atoms with Crippen molar-refractivity contribution in [1.29, 1.82) is 0 Å². The standard InChI is InChI=1S/C56H84IN9O30P6S2/c1-55(2)43-33-40(53(68)59-25-13-6-8-15-29-88-5)21-23-45(43)64(27-17-31-103(82,83)84)47(55)19-11-10-12-20-48-56(3,4)44-34-41(22-24-46(44)65(48)28-18-32-104(85,86)87)54(69)60-26-14-7-9-16-30-89-97(70,71)92-99(74,75)94-101(78,79)96-102(80,81)95-100(76,77)93-98(72,73)90-37-42(36-67)91-49(35-57)66-39-63-50-51(58)61-38-62-52(50)66/h10-12,19-24,33-34,38-39,42,49,67H,6-9,13-18,25-32,35-37H2,1-5H3,(H11-,58,59,60,61,62,68,69,70,71,72,73,74,75,76,77,78,79,80,81,82,83,84,85,86,87)/p+1. The van der Waals surface area contributed by atoms with Gasteiger partial charge in [-0.3, -0.25) is 32.3 Å². The molecule has 2 aromatic heterocycles. The van der Waals surface area contributed by atoms with Crippen LogP contribution in [0.1, 0.15) is 130 Å². The molecule has 6 rings (SSSR count). The Bertz CT molecular complexity index is 4390. The van der Waals surface area contributed by atoms with E-state index in [4.69, 9.17) is 15.2 Å². The number of nitrogens with two attached hydrogens (primary N) is 1. The first-order valence-corrected chi connectivity index (χ1v) is 45.4. The van der Waals surface area contributed by atoms with Gasteiger partial charge in [0.05, 0.1) is 43.1 Å². The number of methoxy groups -OCH3 is 1. The molecule has 4 aromatic rings. The predicted molar refractivity (Wildman–Crippen MR) is 384 cm³/mol. The molecule has 2 amide bonds. The number of aliphatic hydroxyl groups excluding tert-OH is 1. The van der Waals surface area contributed by atoms with E-state index < -0.39 is 128 Å². The average molecular weight is 1740 g/mol. The molecule has 0 radical (unpaired) electrons.